The van der Waals surface area contributed by atoms with Crippen molar-refractivity contribution in [2.75, 3.05) is 7.11 Å². The molecule has 0 aliphatic rings. The number of hydrogen-bond acceptors (Lipinski definition) is 4. The first-order valence-corrected chi connectivity index (χ1v) is 5.82. The highest BCUT2D eigenvalue weighted by atomic mass is 19.1. The van der Waals surface area contributed by atoms with Crippen molar-refractivity contribution < 1.29 is 19.0 Å². The molecule has 0 radical (unpaired) electrons. The Balaban J connectivity index is 2.35. The van der Waals surface area contributed by atoms with Crippen LogP contribution >= 0.6 is 0 Å². The molecule has 0 fully saturated rings. The van der Waals surface area contributed by atoms with Gasteiger partial charge in [0, 0.05) is 6.07 Å². The van der Waals surface area contributed by atoms with Gasteiger partial charge >= 0.3 is 0 Å². The van der Waals surface area contributed by atoms with Crippen molar-refractivity contribution >= 4 is 0 Å². The van der Waals surface area contributed by atoms with E-state index in [2.05, 4.69) is 0 Å². The topological polar surface area (TPSA) is 62.5 Å². The van der Waals surface area contributed by atoms with Crippen molar-refractivity contribution in [2.45, 2.75) is 6.61 Å². The summed E-state index contributed by atoms with van der Waals surface area (Å²) < 4.78 is 24.0. The number of halogens is 1. The van der Waals surface area contributed by atoms with Gasteiger partial charge in [-0.1, -0.05) is 6.07 Å². The normalized spacial score (nSPS) is 9.90. The van der Waals surface area contributed by atoms with E-state index in [1.165, 1.54) is 19.2 Å². The van der Waals surface area contributed by atoms with Gasteiger partial charge in [-0.25, -0.2) is 4.39 Å². The maximum absolute atomic E-state index is 13.3. The lowest BCUT2D eigenvalue weighted by Gasteiger charge is -2.11. The molecule has 0 saturated heterocycles. The van der Waals surface area contributed by atoms with E-state index in [4.69, 9.17) is 19.8 Å². The summed E-state index contributed by atoms with van der Waals surface area (Å²) in [5, 5.41) is 17.9. The number of benzene rings is 2. The van der Waals surface area contributed by atoms with Crippen LogP contribution in [-0.4, -0.2) is 12.2 Å². The number of methoxy groups -OCH3 is 1. The minimum atomic E-state index is -0.551. The molecule has 0 heterocycles. The molecule has 102 valence electrons. The Morgan fingerprint density at radius 2 is 2.00 bits per heavy atom. The molecular weight excluding hydrogens is 261 g/mol. The molecule has 2 aromatic carbocycles. The van der Waals surface area contributed by atoms with E-state index in [1.54, 1.807) is 18.2 Å². The van der Waals surface area contributed by atoms with Crippen molar-refractivity contribution in [3.63, 3.8) is 0 Å². The first-order chi connectivity index (χ1) is 9.66. The Bertz CT molecular complexity index is 665. The monoisotopic (exact) mass is 273 g/mol. The molecule has 4 nitrogen and oxygen atoms in total. The van der Waals surface area contributed by atoms with Crippen LogP contribution in [0, 0.1) is 17.1 Å². The van der Waals surface area contributed by atoms with Crippen LogP contribution in [0.15, 0.2) is 36.4 Å². The molecule has 0 bridgehead atoms. The maximum Gasteiger partial charge on any atom is 0.169 e. The first kappa shape index (κ1) is 13.8. The van der Waals surface area contributed by atoms with Gasteiger partial charge in [0.05, 0.1) is 25.3 Å². The number of nitriles is 1. The standard InChI is InChI=1S/C15H12FNO3/c1-19-15-6-10(9-18)2-3-14(15)20-13-5-11(8-17)4-12(16)7-13/h2-7,18H,9H2,1H3. The number of ether oxygens (including phenoxy) is 2. The van der Waals surface area contributed by atoms with Crippen molar-refractivity contribution in [2.24, 2.45) is 0 Å². The second-order valence-corrected chi connectivity index (χ2v) is 4.03. The summed E-state index contributed by atoms with van der Waals surface area (Å²) in [7, 11) is 1.47. The molecule has 0 aromatic heterocycles. The third-order valence-electron chi connectivity index (χ3n) is 2.64. The summed E-state index contributed by atoms with van der Waals surface area (Å²) >= 11 is 0. The molecule has 0 spiro atoms. The summed E-state index contributed by atoms with van der Waals surface area (Å²) in [5.41, 5.74) is 0.845. The summed E-state index contributed by atoms with van der Waals surface area (Å²) in [6.07, 6.45) is 0. The van der Waals surface area contributed by atoms with E-state index in [0.717, 1.165) is 6.07 Å². The highest BCUT2D eigenvalue weighted by Crippen LogP contribution is 2.33. The van der Waals surface area contributed by atoms with Gasteiger partial charge in [0.2, 0.25) is 0 Å². The molecule has 0 atom stereocenters. The smallest absolute Gasteiger partial charge is 0.169 e. The van der Waals surface area contributed by atoms with Gasteiger partial charge in [0.15, 0.2) is 11.5 Å². The fraction of sp³-hybridized carbons (Fsp3) is 0.133. The fourth-order valence-electron chi connectivity index (χ4n) is 1.71. The predicted molar refractivity (Wildman–Crippen MR) is 70.1 cm³/mol. The quantitative estimate of drug-likeness (QED) is 0.930. The summed E-state index contributed by atoms with van der Waals surface area (Å²) in [4.78, 5) is 0. The number of hydrogen-bond donors (Lipinski definition) is 1. The lowest BCUT2D eigenvalue weighted by Crippen LogP contribution is -1.93. The number of nitrogens with zero attached hydrogens (tertiary/aromatic N) is 1. The van der Waals surface area contributed by atoms with Crippen molar-refractivity contribution in [1.82, 2.24) is 0 Å². The highest BCUT2D eigenvalue weighted by molar-refractivity contribution is 5.46. The van der Waals surface area contributed by atoms with E-state index < -0.39 is 5.82 Å². The number of rotatable bonds is 4. The second kappa shape index (κ2) is 6.04. The van der Waals surface area contributed by atoms with Crippen molar-refractivity contribution in [3.05, 3.63) is 53.3 Å². The van der Waals surface area contributed by atoms with Crippen molar-refractivity contribution in [3.8, 4) is 23.3 Å². The van der Waals surface area contributed by atoms with E-state index in [0.29, 0.717) is 17.1 Å². The van der Waals surface area contributed by atoms with Crippen LogP contribution < -0.4 is 9.47 Å². The highest BCUT2D eigenvalue weighted by Gasteiger charge is 2.08. The lowest BCUT2D eigenvalue weighted by atomic mass is 10.2. The largest absolute Gasteiger partial charge is 0.493 e. The zero-order valence-corrected chi connectivity index (χ0v) is 10.8. The van der Waals surface area contributed by atoms with Gasteiger partial charge in [-0.15, -0.1) is 0 Å². The molecule has 20 heavy (non-hydrogen) atoms. The van der Waals surface area contributed by atoms with Crippen LogP contribution in [0.1, 0.15) is 11.1 Å². The summed E-state index contributed by atoms with van der Waals surface area (Å²) in [5.74, 6) is 0.445. The van der Waals surface area contributed by atoms with Gasteiger partial charge in [-0.2, -0.15) is 5.26 Å². The molecular formula is C15H12FNO3. The second-order valence-electron chi connectivity index (χ2n) is 4.03. The van der Waals surface area contributed by atoms with Crippen molar-refractivity contribution in [1.29, 1.82) is 5.26 Å². The minimum absolute atomic E-state index is 0.116. The zero-order chi connectivity index (χ0) is 14.5. The van der Waals surface area contributed by atoms with E-state index in [9.17, 15) is 4.39 Å². The number of aliphatic hydroxyl groups is 1. The SMILES string of the molecule is COc1cc(CO)ccc1Oc1cc(F)cc(C#N)c1. The number of aliphatic hydroxyl groups excluding tert-OH is 1. The fourth-order valence-corrected chi connectivity index (χ4v) is 1.71. The molecule has 0 unspecified atom stereocenters. The first-order valence-electron chi connectivity index (χ1n) is 5.82. The average molecular weight is 273 g/mol. The van der Waals surface area contributed by atoms with E-state index in [1.807, 2.05) is 6.07 Å². The van der Waals surface area contributed by atoms with Gasteiger partial charge in [-0.3, -0.25) is 0 Å². The Labute approximate surface area is 115 Å². The third kappa shape index (κ3) is 3.05. The maximum atomic E-state index is 13.3. The Hall–Kier alpha value is -2.58. The molecule has 1 N–H and O–H groups in total. The van der Waals surface area contributed by atoms with Crippen LogP contribution in [0.3, 0.4) is 0 Å². The molecule has 0 aliphatic carbocycles. The Kier molecular flexibility index (Phi) is 4.18. The van der Waals surface area contributed by atoms with Crippen LogP contribution in [-0.2, 0) is 6.61 Å². The van der Waals surface area contributed by atoms with Gasteiger partial charge in [0.1, 0.15) is 11.6 Å². The molecule has 5 heteroatoms. The molecule has 0 aliphatic heterocycles. The third-order valence-corrected chi connectivity index (χ3v) is 2.64. The summed E-state index contributed by atoms with van der Waals surface area (Å²) in [6, 6.07) is 10.5. The van der Waals surface area contributed by atoms with E-state index >= 15 is 0 Å². The Morgan fingerprint density at radius 1 is 1.20 bits per heavy atom. The van der Waals surface area contributed by atoms with Crippen LogP contribution in [0.2, 0.25) is 0 Å². The average Bonchev–Trinajstić information content (AvgIpc) is 2.47. The summed E-state index contributed by atoms with van der Waals surface area (Å²) in [6.45, 7) is -0.116. The zero-order valence-electron chi connectivity index (χ0n) is 10.8. The predicted octanol–water partition coefficient (Wildman–Crippen LogP) is 2.99. The van der Waals surface area contributed by atoms with Gasteiger partial charge in [-0.05, 0) is 29.8 Å². The minimum Gasteiger partial charge on any atom is -0.493 e. The molecule has 0 amide bonds. The van der Waals surface area contributed by atoms with Crippen LogP contribution in [0.5, 0.6) is 17.2 Å². The van der Waals surface area contributed by atoms with Crippen LogP contribution in [0.25, 0.3) is 0 Å². The molecule has 0 saturated carbocycles. The van der Waals surface area contributed by atoms with E-state index in [-0.39, 0.29) is 17.9 Å². The van der Waals surface area contributed by atoms with Gasteiger partial charge < -0.3 is 14.6 Å². The molecule has 2 aromatic rings. The lowest BCUT2D eigenvalue weighted by molar-refractivity contribution is 0.280. The molecule has 2 rings (SSSR count). The van der Waals surface area contributed by atoms with Crippen LogP contribution in [0.4, 0.5) is 4.39 Å². The Morgan fingerprint density at radius 3 is 2.65 bits per heavy atom. The van der Waals surface area contributed by atoms with Gasteiger partial charge in [0.25, 0.3) is 0 Å².